The molecule has 0 amide bonds. The molecule has 2 aromatic heterocycles. The van der Waals surface area contributed by atoms with Crippen molar-refractivity contribution in [1.29, 1.82) is 0 Å². The standard InChI is InChI=1S/C11H12N2O3/c1-15-6-7-16-11-9(8-14)13-5-3-2-4-10(13)12-11/h2-5,8H,6-7H2,1H3. The van der Waals surface area contributed by atoms with Gasteiger partial charge in [-0.25, -0.2) is 0 Å². The molecule has 2 heterocycles. The van der Waals surface area contributed by atoms with Gasteiger partial charge in [-0.2, -0.15) is 4.98 Å². The van der Waals surface area contributed by atoms with Crippen LogP contribution in [-0.4, -0.2) is 36.0 Å². The second-order valence-electron chi connectivity index (χ2n) is 3.19. The van der Waals surface area contributed by atoms with Crippen molar-refractivity contribution in [3.63, 3.8) is 0 Å². The van der Waals surface area contributed by atoms with E-state index < -0.39 is 0 Å². The molecule has 2 aromatic rings. The van der Waals surface area contributed by atoms with Crippen molar-refractivity contribution in [2.45, 2.75) is 0 Å². The van der Waals surface area contributed by atoms with E-state index in [4.69, 9.17) is 9.47 Å². The molecule has 84 valence electrons. The lowest BCUT2D eigenvalue weighted by Gasteiger charge is -2.01. The van der Waals surface area contributed by atoms with Gasteiger partial charge >= 0.3 is 0 Å². The molecule has 0 aliphatic rings. The van der Waals surface area contributed by atoms with Crippen molar-refractivity contribution in [3.8, 4) is 5.88 Å². The number of ether oxygens (including phenoxy) is 2. The SMILES string of the molecule is COCCOc1nc2ccccn2c1C=O. The van der Waals surface area contributed by atoms with Crippen LogP contribution in [0.3, 0.4) is 0 Å². The molecule has 5 nitrogen and oxygen atoms in total. The van der Waals surface area contributed by atoms with Crippen LogP contribution in [0.25, 0.3) is 5.65 Å². The van der Waals surface area contributed by atoms with Crippen LogP contribution >= 0.6 is 0 Å². The maximum atomic E-state index is 11.0. The van der Waals surface area contributed by atoms with E-state index in [1.807, 2.05) is 18.2 Å². The molecule has 0 spiro atoms. The van der Waals surface area contributed by atoms with E-state index in [1.165, 1.54) is 0 Å². The highest BCUT2D eigenvalue weighted by molar-refractivity contribution is 5.78. The summed E-state index contributed by atoms with van der Waals surface area (Å²) in [5.41, 5.74) is 1.11. The average Bonchev–Trinajstić information content (AvgIpc) is 2.67. The van der Waals surface area contributed by atoms with Crippen LogP contribution in [0.15, 0.2) is 24.4 Å². The summed E-state index contributed by atoms with van der Waals surface area (Å²) in [5, 5.41) is 0. The van der Waals surface area contributed by atoms with Gasteiger partial charge in [0.1, 0.15) is 17.9 Å². The van der Waals surface area contributed by atoms with Crippen molar-refractivity contribution in [2.75, 3.05) is 20.3 Å². The number of carbonyl (C=O) groups excluding carboxylic acids is 1. The molecule has 0 radical (unpaired) electrons. The minimum Gasteiger partial charge on any atom is -0.474 e. The molecule has 0 aliphatic carbocycles. The van der Waals surface area contributed by atoms with Gasteiger partial charge in [-0.05, 0) is 12.1 Å². The zero-order valence-corrected chi connectivity index (χ0v) is 8.92. The Balaban J connectivity index is 2.33. The fourth-order valence-electron chi connectivity index (χ4n) is 1.43. The first kappa shape index (κ1) is 10.6. The monoisotopic (exact) mass is 220 g/mol. The molecule has 16 heavy (non-hydrogen) atoms. The number of fused-ring (bicyclic) bond motifs is 1. The number of imidazole rings is 1. The third-order valence-electron chi connectivity index (χ3n) is 2.17. The van der Waals surface area contributed by atoms with Crippen molar-refractivity contribution < 1.29 is 14.3 Å². The number of aromatic nitrogens is 2. The molecule has 0 saturated heterocycles. The summed E-state index contributed by atoms with van der Waals surface area (Å²) in [6, 6.07) is 5.51. The maximum Gasteiger partial charge on any atom is 0.243 e. The highest BCUT2D eigenvalue weighted by atomic mass is 16.5. The number of hydrogen-bond acceptors (Lipinski definition) is 4. The van der Waals surface area contributed by atoms with Crippen LogP contribution in [-0.2, 0) is 4.74 Å². The molecule has 2 rings (SSSR count). The number of pyridine rings is 1. The summed E-state index contributed by atoms with van der Waals surface area (Å²) >= 11 is 0. The van der Waals surface area contributed by atoms with Gasteiger partial charge < -0.3 is 9.47 Å². The van der Waals surface area contributed by atoms with Crippen LogP contribution < -0.4 is 4.74 Å². The minimum atomic E-state index is 0.346. The largest absolute Gasteiger partial charge is 0.474 e. The fourth-order valence-corrected chi connectivity index (χ4v) is 1.43. The molecule has 0 bridgehead atoms. The normalized spacial score (nSPS) is 10.6. The summed E-state index contributed by atoms with van der Waals surface area (Å²) in [6.07, 6.45) is 2.51. The second-order valence-corrected chi connectivity index (χ2v) is 3.19. The van der Waals surface area contributed by atoms with E-state index in [0.717, 1.165) is 6.29 Å². The Bertz CT molecular complexity index is 493. The lowest BCUT2D eigenvalue weighted by atomic mass is 10.4. The number of aldehydes is 1. The molecule has 0 aliphatic heterocycles. The van der Waals surface area contributed by atoms with E-state index in [1.54, 1.807) is 17.7 Å². The predicted molar refractivity (Wildman–Crippen MR) is 58.0 cm³/mol. The predicted octanol–water partition coefficient (Wildman–Crippen LogP) is 1.17. The van der Waals surface area contributed by atoms with Crippen molar-refractivity contribution in [3.05, 3.63) is 30.1 Å². The Labute approximate surface area is 92.6 Å². The van der Waals surface area contributed by atoms with Crippen molar-refractivity contribution in [1.82, 2.24) is 9.38 Å². The number of hydrogen-bond donors (Lipinski definition) is 0. The van der Waals surface area contributed by atoms with Crippen LogP contribution in [0.1, 0.15) is 10.5 Å². The van der Waals surface area contributed by atoms with Crippen LogP contribution in [0.4, 0.5) is 0 Å². The van der Waals surface area contributed by atoms with E-state index in [2.05, 4.69) is 4.98 Å². The summed E-state index contributed by atoms with van der Waals surface area (Å²) < 4.78 is 11.9. The summed E-state index contributed by atoms with van der Waals surface area (Å²) in [6.45, 7) is 0.841. The van der Waals surface area contributed by atoms with Crippen LogP contribution in [0, 0.1) is 0 Å². The molecular weight excluding hydrogens is 208 g/mol. The molecule has 0 aromatic carbocycles. The lowest BCUT2D eigenvalue weighted by Crippen LogP contribution is -2.06. The molecule has 0 unspecified atom stereocenters. The first-order valence-corrected chi connectivity index (χ1v) is 4.91. The molecule has 0 saturated carbocycles. The highest BCUT2D eigenvalue weighted by Gasteiger charge is 2.11. The second kappa shape index (κ2) is 4.76. The lowest BCUT2D eigenvalue weighted by molar-refractivity contribution is 0.110. The molecule has 0 N–H and O–H groups in total. The Morgan fingerprint density at radius 3 is 3.06 bits per heavy atom. The van der Waals surface area contributed by atoms with Crippen molar-refractivity contribution >= 4 is 11.9 Å². The zero-order chi connectivity index (χ0) is 11.4. The van der Waals surface area contributed by atoms with Gasteiger partial charge in [-0.3, -0.25) is 9.20 Å². The van der Waals surface area contributed by atoms with E-state index >= 15 is 0 Å². The summed E-state index contributed by atoms with van der Waals surface area (Å²) in [4.78, 5) is 15.2. The van der Waals surface area contributed by atoms with Crippen LogP contribution in [0.5, 0.6) is 5.88 Å². The Morgan fingerprint density at radius 1 is 1.44 bits per heavy atom. The van der Waals surface area contributed by atoms with Gasteiger partial charge in [0.15, 0.2) is 6.29 Å². The molecule has 5 heteroatoms. The number of carbonyl (C=O) groups is 1. The Kier molecular flexibility index (Phi) is 3.16. The van der Waals surface area contributed by atoms with Gasteiger partial charge in [0.25, 0.3) is 0 Å². The van der Waals surface area contributed by atoms with E-state index in [9.17, 15) is 4.79 Å². The number of rotatable bonds is 5. The summed E-state index contributed by atoms with van der Waals surface area (Å²) in [7, 11) is 1.59. The number of methoxy groups -OCH3 is 1. The smallest absolute Gasteiger partial charge is 0.243 e. The Morgan fingerprint density at radius 2 is 2.31 bits per heavy atom. The maximum absolute atomic E-state index is 11.0. The molecular formula is C11H12N2O3. The first-order valence-electron chi connectivity index (χ1n) is 4.91. The van der Waals surface area contributed by atoms with E-state index in [0.29, 0.717) is 30.4 Å². The first-order chi connectivity index (χ1) is 7.86. The van der Waals surface area contributed by atoms with Gasteiger partial charge in [0.2, 0.25) is 5.88 Å². The van der Waals surface area contributed by atoms with Crippen molar-refractivity contribution in [2.24, 2.45) is 0 Å². The highest BCUT2D eigenvalue weighted by Crippen LogP contribution is 2.17. The third kappa shape index (κ3) is 1.90. The average molecular weight is 220 g/mol. The van der Waals surface area contributed by atoms with Gasteiger partial charge in [0, 0.05) is 13.3 Å². The van der Waals surface area contributed by atoms with Gasteiger partial charge in [-0.15, -0.1) is 0 Å². The minimum absolute atomic E-state index is 0.346. The molecule has 0 fully saturated rings. The third-order valence-corrected chi connectivity index (χ3v) is 2.17. The summed E-state index contributed by atoms with van der Waals surface area (Å²) in [5.74, 6) is 0.346. The molecule has 0 atom stereocenters. The van der Waals surface area contributed by atoms with Gasteiger partial charge in [0.05, 0.1) is 6.61 Å². The topological polar surface area (TPSA) is 52.8 Å². The number of nitrogens with zero attached hydrogens (tertiary/aromatic N) is 2. The Hall–Kier alpha value is -1.88. The fraction of sp³-hybridized carbons (Fsp3) is 0.273. The zero-order valence-electron chi connectivity index (χ0n) is 8.92. The van der Waals surface area contributed by atoms with E-state index in [-0.39, 0.29) is 0 Å². The quantitative estimate of drug-likeness (QED) is 0.560. The van der Waals surface area contributed by atoms with Crippen LogP contribution in [0.2, 0.25) is 0 Å². The van der Waals surface area contributed by atoms with Gasteiger partial charge in [-0.1, -0.05) is 6.07 Å².